The quantitative estimate of drug-likeness (QED) is 0.666. The van der Waals surface area contributed by atoms with Gasteiger partial charge in [-0.2, -0.15) is 0 Å². The minimum Gasteiger partial charge on any atom is -0.376 e. The predicted octanol–water partition coefficient (Wildman–Crippen LogP) is 4.28. The van der Waals surface area contributed by atoms with Crippen molar-refractivity contribution in [1.82, 2.24) is 4.90 Å². The Labute approximate surface area is 172 Å². The van der Waals surface area contributed by atoms with Gasteiger partial charge in [0.2, 0.25) is 5.91 Å². The predicted molar refractivity (Wildman–Crippen MR) is 115 cm³/mol. The molecule has 0 spiro atoms. The third kappa shape index (κ3) is 6.61. The summed E-state index contributed by atoms with van der Waals surface area (Å²) in [6, 6.07) is 14.9. The number of hydrogen-bond donors (Lipinski definition) is 2. The van der Waals surface area contributed by atoms with Crippen molar-refractivity contribution in [3.8, 4) is 0 Å². The van der Waals surface area contributed by atoms with Gasteiger partial charge in [0.25, 0.3) is 0 Å². The molecular formula is C23H29N3O3. The van der Waals surface area contributed by atoms with Crippen LogP contribution in [0.1, 0.15) is 30.9 Å². The highest BCUT2D eigenvalue weighted by Gasteiger charge is 2.21. The highest BCUT2D eigenvalue weighted by atomic mass is 16.5. The Hall–Kier alpha value is -2.86. The molecule has 6 heteroatoms. The van der Waals surface area contributed by atoms with Crippen molar-refractivity contribution in [2.45, 2.75) is 32.8 Å². The number of likely N-dealkylation sites (N-methyl/N-ethyl adjacent to an activating group) is 1. The van der Waals surface area contributed by atoms with Gasteiger partial charge in [-0.05, 0) is 54.5 Å². The normalized spacial score (nSPS) is 13.0. The number of nitrogens with one attached hydrogen (secondary N) is 2. The molecule has 2 aromatic rings. The fourth-order valence-corrected chi connectivity index (χ4v) is 3.01. The van der Waals surface area contributed by atoms with Crippen LogP contribution in [0.2, 0.25) is 0 Å². The molecule has 0 bridgehead atoms. The summed E-state index contributed by atoms with van der Waals surface area (Å²) in [6.45, 7) is 3.34. The molecular weight excluding hydrogens is 366 g/mol. The van der Waals surface area contributed by atoms with Crippen LogP contribution >= 0.6 is 0 Å². The highest BCUT2D eigenvalue weighted by molar-refractivity contribution is 5.97. The lowest BCUT2D eigenvalue weighted by Gasteiger charge is -2.18. The summed E-state index contributed by atoms with van der Waals surface area (Å²) in [6.07, 6.45) is 3.35. The van der Waals surface area contributed by atoms with Gasteiger partial charge in [-0.15, -0.1) is 0 Å². The highest BCUT2D eigenvalue weighted by Crippen LogP contribution is 2.29. The molecule has 1 aliphatic carbocycles. The first-order chi connectivity index (χ1) is 14.0. The first kappa shape index (κ1) is 20.9. The van der Waals surface area contributed by atoms with Crippen LogP contribution < -0.4 is 10.6 Å². The minimum atomic E-state index is -0.333. The zero-order chi connectivity index (χ0) is 20.6. The maximum atomic E-state index is 12.4. The second-order valence-corrected chi connectivity index (χ2v) is 7.50. The Kier molecular flexibility index (Phi) is 7.25. The second-order valence-electron chi connectivity index (χ2n) is 7.50. The molecule has 3 amide bonds. The van der Waals surface area contributed by atoms with Gasteiger partial charge < -0.3 is 20.3 Å². The van der Waals surface area contributed by atoms with Crippen LogP contribution in [0, 0.1) is 5.92 Å². The van der Waals surface area contributed by atoms with Gasteiger partial charge in [0.05, 0.1) is 6.61 Å². The smallest absolute Gasteiger partial charge is 0.322 e. The summed E-state index contributed by atoms with van der Waals surface area (Å²) >= 11 is 0. The average Bonchev–Trinajstić information content (AvgIpc) is 3.53. The van der Waals surface area contributed by atoms with E-state index in [0.717, 1.165) is 35.8 Å². The number of nitrogens with zero attached hydrogens (tertiary/aromatic N) is 1. The zero-order valence-corrected chi connectivity index (χ0v) is 17.1. The van der Waals surface area contributed by atoms with Crippen LogP contribution in [0.3, 0.4) is 0 Å². The van der Waals surface area contributed by atoms with Crippen LogP contribution in [0.4, 0.5) is 16.2 Å². The van der Waals surface area contributed by atoms with E-state index in [-0.39, 0.29) is 18.5 Å². The number of anilines is 2. The molecule has 3 rings (SSSR count). The second kappa shape index (κ2) is 10.1. The molecule has 154 valence electrons. The average molecular weight is 396 g/mol. The van der Waals surface area contributed by atoms with Crippen molar-refractivity contribution >= 4 is 23.3 Å². The fourth-order valence-electron chi connectivity index (χ4n) is 3.01. The maximum absolute atomic E-state index is 12.4. The van der Waals surface area contributed by atoms with Crippen molar-refractivity contribution < 1.29 is 14.3 Å². The van der Waals surface area contributed by atoms with E-state index < -0.39 is 0 Å². The topological polar surface area (TPSA) is 70.7 Å². The zero-order valence-electron chi connectivity index (χ0n) is 17.1. The summed E-state index contributed by atoms with van der Waals surface area (Å²) < 4.78 is 5.70. The van der Waals surface area contributed by atoms with E-state index in [9.17, 15) is 9.59 Å². The number of benzene rings is 2. The largest absolute Gasteiger partial charge is 0.376 e. The number of amides is 3. The Bertz CT molecular complexity index is 849. The number of para-hydroxylation sites is 1. The molecule has 0 heterocycles. The standard InChI is InChI=1S/C23H29N3O3/c1-3-19-8-4-5-10-21(19)25-22(27)14-26(2)23(28)24-20-9-6-7-18(13-20)16-29-15-17-11-12-17/h4-10,13,17H,3,11-12,14-16H2,1-2H3,(H,24,28)(H,25,27). The lowest BCUT2D eigenvalue weighted by atomic mass is 10.1. The Balaban J connectivity index is 1.48. The van der Waals surface area contributed by atoms with Crippen LogP contribution in [-0.4, -0.2) is 37.0 Å². The summed E-state index contributed by atoms with van der Waals surface area (Å²) in [7, 11) is 1.60. The number of ether oxygens (including phenoxy) is 1. The molecule has 1 aliphatic rings. The molecule has 6 nitrogen and oxygen atoms in total. The lowest BCUT2D eigenvalue weighted by molar-refractivity contribution is -0.116. The fraction of sp³-hybridized carbons (Fsp3) is 0.391. The molecule has 0 radical (unpaired) electrons. The molecule has 29 heavy (non-hydrogen) atoms. The van der Waals surface area contributed by atoms with Crippen molar-refractivity contribution in [2.75, 3.05) is 30.8 Å². The van der Waals surface area contributed by atoms with Gasteiger partial charge in [-0.1, -0.05) is 37.3 Å². The van der Waals surface area contributed by atoms with Crippen LogP contribution in [0.25, 0.3) is 0 Å². The van der Waals surface area contributed by atoms with Crippen molar-refractivity contribution in [1.29, 1.82) is 0 Å². The summed E-state index contributed by atoms with van der Waals surface area (Å²) in [4.78, 5) is 26.1. The number of hydrogen-bond acceptors (Lipinski definition) is 3. The number of carbonyl (C=O) groups excluding carboxylic acids is 2. The van der Waals surface area contributed by atoms with E-state index in [1.54, 1.807) is 7.05 Å². The van der Waals surface area contributed by atoms with E-state index in [1.807, 2.05) is 55.5 Å². The molecule has 0 aromatic heterocycles. The molecule has 0 aliphatic heterocycles. The van der Waals surface area contributed by atoms with Crippen molar-refractivity contribution in [2.24, 2.45) is 5.92 Å². The van der Waals surface area contributed by atoms with Gasteiger partial charge in [-0.3, -0.25) is 4.79 Å². The molecule has 1 saturated carbocycles. The molecule has 1 fully saturated rings. The summed E-state index contributed by atoms with van der Waals surface area (Å²) in [5.41, 5.74) is 3.55. The monoisotopic (exact) mass is 395 g/mol. The van der Waals surface area contributed by atoms with E-state index in [0.29, 0.717) is 12.3 Å². The van der Waals surface area contributed by atoms with Gasteiger partial charge in [-0.25, -0.2) is 4.79 Å². The van der Waals surface area contributed by atoms with E-state index in [4.69, 9.17) is 4.74 Å². The minimum absolute atomic E-state index is 0.0337. The van der Waals surface area contributed by atoms with Gasteiger partial charge in [0.1, 0.15) is 6.54 Å². The third-order valence-electron chi connectivity index (χ3n) is 4.90. The van der Waals surface area contributed by atoms with E-state index in [2.05, 4.69) is 10.6 Å². The summed E-state index contributed by atoms with van der Waals surface area (Å²) in [5.74, 6) is 0.493. The molecule has 2 N–H and O–H groups in total. The maximum Gasteiger partial charge on any atom is 0.322 e. The van der Waals surface area contributed by atoms with E-state index in [1.165, 1.54) is 17.7 Å². The molecule has 0 unspecified atom stereocenters. The number of urea groups is 1. The Morgan fingerprint density at radius 3 is 2.66 bits per heavy atom. The van der Waals surface area contributed by atoms with Gasteiger partial charge >= 0.3 is 6.03 Å². The van der Waals surface area contributed by atoms with Crippen molar-refractivity contribution in [3.63, 3.8) is 0 Å². The molecule has 0 saturated heterocycles. The Morgan fingerprint density at radius 2 is 1.90 bits per heavy atom. The third-order valence-corrected chi connectivity index (χ3v) is 4.90. The lowest BCUT2D eigenvalue weighted by Crippen LogP contribution is -2.37. The van der Waals surface area contributed by atoms with Gasteiger partial charge in [0, 0.05) is 25.0 Å². The van der Waals surface area contributed by atoms with E-state index >= 15 is 0 Å². The Morgan fingerprint density at radius 1 is 1.10 bits per heavy atom. The number of aryl methyl sites for hydroxylation is 1. The summed E-state index contributed by atoms with van der Waals surface area (Å²) in [5, 5.41) is 5.72. The van der Waals surface area contributed by atoms with Crippen molar-refractivity contribution in [3.05, 3.63) is 59.7 Å². The SMILES string of the molecule is CCc1ccccc1NC(=O)CN(C)C(=O)Nc1cccc(COCC2CC2)c1. The van der Waals surface area contributed by atoms with Crippen LogP contribution in [0.5, 0.6) is 0 Å². The van der Waals surface area contributed by atoms with Crippen LogP contribution in [0.15, 0.2) is 48.5 Å². The molecule has 0 atom stereocenters. The van der Waals surface area contributed by atoms with Crippen LogP contribution in [-0.2, 0) is 22.6 Å². The van der Waals surface area contributed by atoms with Gasteiger partial charge in [0.15, 0.2) is 0 Å². The first-order valence-electron chi connectivity index (χ1n) is 10.1. The number of rotatable bonds is 9. The number of carbonyl (C=O) groups is 2. The molecule has 2 aromatic carbocycles. The first-order valence-corrected chi connectivity index (χ1v) is 10.1.